The van der Waals surface area contributed by atoms with Crippen molar-refractivity contribution in [2.75, 3.05) is 6.54 Å². The first-order valence-corrected chi connectivity index (χ1v) is 4.78. The van der Waals surface area contributed by atoms with Gasteiger partial charge in [0.05, 0.1) is 5.52 Å². The highest BCUT2D eigenvalue weighted by molar-refractivity contribution is 6.31. The van der Waals surface area contributed by atoms with Crippen LogP contribution in [0.1, 0.15) is 0 Å². The van der Waals surface area contributed by atoms with E-state index in [0.717, 1.165) is 10.9 Å². The molecule has 0 saturated carbocycles. The monoisotopic (exact) mass is 210 g/mol. The number of nitrogens with zero attached hydrogens (tertiary/aromatic N) is 1. The minimum atomic E-state index is 0.239. The standard InChI is InChI=1S/C10H11ClN2O/c11-9-6-7-2-1-3-8(14)10(7)13(9)5-4-12/h1-3,6,14H,4-5,12H2. The maximum absolute atomic E-state index is 9.67. The summed E-state index contributed by atoms with van der Waals surface area (Å²) in [4.78, 5) is 0. The van der Waals surface area contributed by atoms with Crippen LogP contribution in [0.2, 0.25) is 5.15 Å². The fourth-order valence-corrected chi connectivity index (χ4v) is 1.91. The van der Waals surface area contributed by atoms with Crippen LogP contribution in [0.25, 0.3) is 10.9 Å². The molecule has 0 radical (unpaired) electrons. The van der Waals surface area contributed by atoms with Crippen molar-refractivity contribution in [3.05, 3.63) is 29.4 Å². The van der Waals surface area contributed by atoms with Gasteiger partial charge in [0.25, 0.3) is 0 Å². The Hall–Kier alpha value is -1.19. The molecule has 74 valence electrons. The summed E-state index contributed by atoms with van der Waals surface area (Å²) in [5.41, 5.74) is 6.22. The summed E-state index contributed by atoms with van der Waals surface area (Å²) in [6.45, 7) is 1.11. The Morgan fingerprint density at radius 2 is 2.21 bits per heavy atom. The average molecular weight is 211 g/mol. The number of fused-ring (bicyclic) bond motifs is 1. The Kier molecular flexibility index (Phi) is 2.35. The zero-order valence-electron chi connectivity index (χ0n) is 7.57. The Bertz CT molecular complexity index is 464. The Labute approximate surface area is 86.7 Å². The van der Waals surface area contributed by atoms with E-state index in [9.17, 15) is 5.11 Å². The molecular formula is C10H11ClN2O. The average Bonchev–Trinajstić information content (AvgIpc) is 2.45. The quantitative estimate of drug-likeness (QED) is 0.796. The van der Waals surface area contributed by atoms with Crippen molar-refractivity contribution in [2.45, 2.75) is 6.54 Å². The molecule has 1 heterocycles. The number of phenols is 1. The second-order valence-corrected chi connectivity index (χ2v) is 3.51. The summed E-state index contributed by atoms with van der Waals surface area (Å²) in [5.74, 6) is 0.239. The van der Waals surface area contributed by atoms with E-state index in [4.69, 9.17) is 17.3 Å². The van der Waals surface area contributed by atoms with E-state index in [1.54, 1.807) is 12.1 Å². The van der Waals surface area contributed by atoms with E-state index in [0.29, 0.717) is 18.2 Å². The van der Waals surface area contributed by atoms with Gasteiger partial charge >= 0.3 is 0 Å². The second kappa shape index (κ2) is 3.52. The van der Waals surface area contributed by atoms with Crippen molar-refractivity contribution in [2.24, 2.45) is 5.73 Å². The van der Waals surface area contributed by atoms with Crippen molar-refractivity contribution < 1.29 is 5.11 Å². The summed E-state index contributed by atoms with van der Waals surface area (Å²) < 4.78 is 1.81. The molecule has 2 rings (SSSR count). The molecular weight excluding hydrogens is 200 g/mol. The topological polar surface area (TPSA) is 51.2 Å². The zero-order valence-corrected chi connectivity index (χ0v) is 8.33. The number of aromatic hydroxyl groups is 1. The molecule has 0 aliphatic rings. The highest BCUT2D eigenvalue weighted by atomic mass is 35.5. The van der Waals surface area contributed by atoms with Crippen molar-refractivity contribution in [1.29, 1.82) is 0 Å². The van der Waals surface area contributed by atoms with Gasteiger partial charge in [-0.2, -0.15) is 0 Å². The predicted molar refractivity (Wildman–Crippen MR) is 57.7 cm³/mol. The number of nitrogens with two attached hydrogens (primary N) is 1. The first-order chi connectivity index (χ1) is 6.74. The smallest absolute Gasteiger partial charge is 0.139 e. The molecule has 0 saturated heterocycles. The van der Waals surface area contributed by atoms with Crippen LogP contribution in [0.4, 0.5) is 0 Å². The molecule has 1 aromatic carbocycles. The number of hydrogen-bond acceptors (Lipinski definition) is 2. The van der Waals surface area contributed by atoms with Gasteiger partial charge in [0.15, 0.2) is 0 Å². The number of phenolic OH excluding ortho intramolecular Hbond substituents is 1. The molecule has 0 spiro atoms. The normalized spacial score (nSPS) is 11.0. The van der Waals surface area contributed by atoms with E-state index in [2.05, 4.69) is 0 Å². The number of benzene rings is 1. The highest BCUT2D eigenvalue weighted by Gasteiger charge is 2.09. The van der Waals surface area contributed by atoms with E-state index in [1.807, 2.05) is 16.7 Å². The SMILES string of the molecule is NCCn1c(Cl)cc2cccc(O)c21. The van der Waals surface area contributed by atoms with Gasteiger partial charge < -0.3 is 15.4 Å². The third-order valence-corrected chi connectivity index (χ3v) is 2.51. The van der Waals surface area contributed by atoms with Crippen LogP contribution in [-0.4, -0.2) is 16.2 Å². The van der Waals surface area contributed by atoms with Gasteiger partial charge in [0, 0.05) is 18.5 Å². The Morgan fingerprint density at radius 1 is 1.43 bits per heavy atom. The maximum Gasteiger partial charge on any atom is 0.139 e. The number of hydrogen-bond donors (Lipinski definition) is 2. The highest BCUT2D eigenvalue weighted by Crippen LogP contribution is 2.29. The molecule has 3 N–H and O–H groups in total. The molecule has 0 atom stereocenters. The van der Waals surface area contributed by atoms with Crippen molar-refractivity contribution >= 4 is 22.5 Å². The second-order valence-electron chi connectivity index (χ2n) is 3.12. The lowest BCUT2D eigenvalue weighted by Gasteiger charge is -2.05. The number of rotatable bonds is 2. The first kappa shape index (κ1) is 9.37. The number of halogens is 1. The lowest BCUT2D eigenvalue weighted by Crippen LogP contribution is -2.09. The van der Waals surface area contributed by atoms with Crippen LogP contribution in [0, 0.1) is 0 Å². The molecule has 0 amide bonds. The summed E-state index contributed by atoms with van der Waals surface area (Å²) in [7, 11) is 0. The van der Waals surface area contributed by atoms with Gasteiger partial charge in [-0.1, -0.05) is 23.7 Å². The van der Waals surface area contributed by atoms with E-state index in [1.165, 1.54) is 0 Å². The van der Waals surface area contributed by atoms with Crippen LogP contribution in [-0.2, 0) is 6.54 Å². The molecule has 0 aliphatic carbocycles. The van der Waals surface area contributed by atoms with Crippen LogP contribution in [0.3, 0.4) is 0 Å². The summed E-state index contributed by atoms with van der Waals surface area (Å²) in [6.07, 6.45) is 0. The largest absolute Gasteiger partial charge is 0.506 e. The van der Waals surface area contributed by atoms with Crippen LogP contribution < -0.4 is 5.73 Å². The first-order valence-electron chi connectivity index (χ1n) is 4.41. The predicted octanol–water partition coefficient (Wildman–Crippen LogP) is 1.96. The van der Waals surface area contributed by atoms with Crippen molar-refractivity contribution in [3.8, 4) is 5.75 Å². The molecule has 0 fully saturated rings. The van der Waals surface area contributed by atoms with Crippen LogP contribution in [0.5, 0.6) is 5.75 Å². The lowest BCUT2D eigenvalue weighted by molar-refractivity contribution is 0.477. The molecule has 14 heavy (non-hydrogen) atoms. The number of aromatic nitrogens is 1. The molecule has 3 nitrogen and oxygen atoms in total. The fraction of sp³-hybridized carbons (Fsp3) is 0.200. The van der Waals surface area contributed by atoms with Gasteiger partial charge in [-0.15, -0.1) is 0 Å². The van der Waals surface area contributed by atoms with Gasteiger partial charge in [-0.25, -0.2) is 0 Å². The molecule has 0 aliphatic heterocycles. The van der Waals surface area contributed by atoms with Gasteiger partial charge in [0.2, 0.25) is 0 Å². The van der Waals surface area contributed by atoms with Crippen molar-refractivity contribution in [3.63, 3.8) is 0 Å². The lowest BCUT2D eigenvalue weighted by atomic mass is 10.2. The maximum atomic E-state index is 9.67. The molecule has 0 bridgehead atoms. The van der Waals surface area contributed by atoms with E-state index >= 15 is 0 Å². The summed E-state index contributed by atoms with van der Waals surface area (Å²) >= 11 is 6.01. The number of para-hydroxylation sites is 1. The summed E-state index contributed by atoms with van der Waals surface area (Å²) in [5, 5.41) is 11.2. The Balaban J connectivity index is 2.73. The molecule has 0 unspecified atom stereocenters. The van der Waals surface area contributed by atoms with E-state index < -0.39 is 0 Å². The minimum absolute atomic E-state index is 0.239. The Morgan fingerprint density at radius 3 is 2.93 bits per heavy atom. The summed E-state index contributed by atoms with van der Waals surface area (Å²) in [6, 6.07) is 7.17. The molecule has 2 aromatic rings. The van der Waals surface area contributed by atoms with E-state index in [-0.39, 0.29) is 5.75 Å². The van der Waals surface area contributed by atoms with Gasteiger partial charge in [-0.05, 0) is 12.1 Å². The van der Waals surface area contributed by atoms with Gasteiger partial charge in [-0.3, -0.25) is 0 Å². The van der Waals surface area contributed by atoms with Crippen LogP contribution >= 0.6 is 11.6 Å². The third-order valence-electron chi connectivity index (χ3n) is 2.20. The third kappa shape index (κ3) is 1.35. The zero-order chi connectivity index (χ0) is 10.1. The fourth-order valence-electron chi connectivity index (χ4n) is 1.62. The van der Waals surface area contributed by atoms with Crippen molar-refractivity contribution in [1.82, 2.24) is 4.57 Å². The minimum Gasteiger partial charge on any atom is -0.506 e. The molecule has 1 aromatic heterocycles. The van der Waals surface area contributed by atoms with Crippen LogP contribution in [0.15, 0.2) is 24.3 Å². The van der Waals surface area contributed by atoms with Gasteiger partial charge in [0.1, 0.15) is 10.9 Å². The molecule has 4 heteroatoms.